The molecule has 0 aliphatic carbocycles. The summed E-state index contributed by atoms with van der Waals surface area (Å²) in [6.07, 6.45) is -0.00611. The third-order valence-electron chi connectivity index (χ3n) is 6.55. The van der Waals surface area contributed by atoms with Crippen LogP contribution in [0.5, 0.6) is 0 Å². The zero-order chi connectivity index (χ0) is 24.6. The first-order valence-corrected chi connectivity index (χ1v) is 12.2. The van der Waals surface area contributed by atoms with E-state index < -0.39 is 5.60 Å². The highest BCUT2D eigenvalue weighted by molar-refractivity contribution is 5.88. The van der Waals surface area contributed by atoms with Gasteiger partial charge in [-0.2, -0.15) is 0 Å². The van der Waals surface area contributed by atoms with Gasteiger partial charge in [-0.05, 0) is 16.7 Å². The molecule has 0 N–H and O–H groups in total. The van der Waals surface area contributed by atoms with Crippen LogP contribution in [0.25, 0.3) is 0 Å². The number of nitrogens with zero attached hydrogens (tertiary/aromatic N) is 1. The van der Waals surface area contributed by atoms with Gasteiger partial charge in [-0.1, -0.05) is 91.0 Å². The minimum absolute atomic E-state index is 0.0363. The maximum atomic E-state index is 13.8. The first-order chi connectivity index (χ1) is 17.8. The first kappa shape index (κ1) is 24.6. The van der Waals surface area contributed by atoms with Crippen molar-refractivity contribution in [3.05, 3.63) is 108 Å². The summed E-state index contributed by atoms with van der Waals surface area (Å²) in [5.41, 5.74) is 1.92. The Hall–Kier alpha value is -3.07. The standard InChI is InChI=1S/C29H31NO6/c31-28-29(36-22-33-18-24-12-6-2-7-13-24,20-34-21-32-17-23-10-4-1-5-11-23)16-27-30(28)26(19-35-27)25-14-8-3-9-15-25/h1-15,26-27H,16-22H2/t26?,27?,29-/m1/s1. The summed E-state index contributed by atoms with van der Waals surface area (Å²) in [4.78, 5) is 15.6. The van der Waals surface area contributed by atoms with Gasteiger partial charge in [0, 0.05) is 6.42 Å². The Balaban J connectivity index is 1.22. The molecule has 3 aromatic rings. The fourth-order valence-electron chi connectivity index (χ4n) is 4.70. The van der Waals surface area contributed by atoms with Crippen molar-refractivity contribution in [2.45, 2.75) is 37.5 Å². The lowest BCUT2D eigenvalue weighted by Gasteiger charge is -2.29. The Bertz CT molecular complexity index is 1100. The number of rotatable bonds is 12. The highest BCUT2D eigenvalue weighted by Gasteiger charge is 2.58. The Morgan fingerprint density at radius 1 is 0.778 bits per heavy atom. The Labute approximate surface area is 211 Å². The SMILES string of the molecule is O=C1N2C(C[C@]1(COCOCc1ccccc1)OCOCc1ccccc1)OCC2c1ccccc1. The predicted molar refractivity (Wildman–Crippen MR) is 132 cm³/mol. The second-order valence-electron chi connectivity index (χ2n) is 9.02. The summed E-state index contributed by atoms with van der Waals surface area (Å²) in [7, 11) is 0. The molecule has 7 nitrogen and oxygen atoms in total. The lowest BCUT2D eigenvalue weighted by Crippen LogP contribution is -2.47. The number of amides is 1. The highest BCUT2D eigenvalue weighted by atomic mass is 16.7. The third-order valence-corrected chi connectivity index (χ3v) is 6.55. The molecule has 2 aliphatic rings. The number of hydrogen-bond acceptors (Lipinski definition) is 6. The van der Waals surface area contributed by atoms with E-state index in [4.69, 9.17) is 23.7 Å². The normalized spacial score (nSPS) is 23.2. The molecular weight excluding hydrogens is 458 g/mol. The van der Waals surface area contributed by atoms with Crippen molar-refractivity contribution in [1.29, 1.82) is 0 Å². The molecule has 2 aliphatic heterocycles. The van der Waals surface area contributed by atoms with Gasteiger partial charge in [-0.15, -0.1) is 0 Å². The van der Waals surface area contributed by atoms with Crippen LogP contribution in [0.2, 0.25) is 0 Å². The number of carbonyl (C=O) groups excluding carboxylic acids is 1. The minimum Gasteiger partial charge on any atom is -0.356 e. The molecule has 3 aromatic carbocycles. The molecule has 36 heavy (non-hydrogen) atoms. The molecule has 0 aromatic heterocycles. The molecule has 2 heterocycles. The molecule has 0 saturated carbocycles. The Morgan fingerprint density at radius 2 is 1.36 bits per heavy atom. The van der Waals surface area contributed by atoms with Gasteiger partial charge in [-0.25, -0.2) is 0 Å². The summed E-state index contributed by atoms with van der Waals surface area (Å²) < 4.78 is 29.4. The summed E-state index contributed by atoms with van der Waals surface area (Å²) in [5.74, 6) is -0.148. The van der Waals surface area contributed by atoms with E-state index in [0.29, 0.717) is 26.2 Å². The summed E-state index contributed by atoms with van der Waals surface area (Å²) in [6, 6.07) is 29.5. The number of ether oxygens (including phenoxy) is 5. The zero-order valence-corrected chi connectivity index (χ0v) is 20.2. The van der Waals surface area contributed by atoms with Gasteiger partial charge in [0.1, 0.15) is 19.8 Å². The van der Waals surface area contributed by atoms with Crippen LogP contribution in [0.15, 0.2) is 91.0 Å². The van der Waals surface area contributed by atoms with Crippen molar-refractivity contribution < 1.29 is 28.5 Å². The predicted octanol–water partition coefficient (Wildman–Crippen LogP) is 4.44. The molecule has 5 rings (SSSR count). The number of carbonyl (C=O) groups is 1. The van der Waals surface area contributed by atoms with E-state index in [0.717, 1.165) is 16.7 Å². The van der Waals surface area contributed by atoms with Gasteiger partial charge in [0.05, 0.1) is 32.5 Å². The van der Waals surface area contributed by atoms with Crippen LogP contribution in [-0.2, 0) is 41.7 Å². The highest BCUT2D eigenvalue weighted by Crippen LogP contribution is 2.43. The smallest absolute Gasteiger partial charge is 0.260 e. The van der Waals surface area contributed by atoms with Crippen LogP contribution in [0.4, 0.5) is 0 Å². The molecule has 0 spiro atoms. The van der Waals surface area contributed by atoms with Crippen molar-refractivity contribution in [3.8, 4) is 0 Å². The second-order valence-corrected chi connectivity index (χ2v) is 9.02. The average Bonchev–Trinajstić information content (AvgIpc) is 3.46. The van der Waals surface area contributed by atoms with E-state index in [2.05, 4.69) is 0 Å². The van der Waals surface area contributed by atoms with Crippen molar-refractivity contribution >= 4 is 5.91 Å². The number of fused-ring (bicyclic) bond motifs is 1. The zero-order valence-electron chi connectivity index (χ0n) is 20.2. The minimum atomic E-state index is -1.20. The monoisotopic (exact) mass is 489 g/mol. The molecule has 1 amide bonds. The summed E-state index contributed by atoms with van der Waals surface area (Å²) in [6.45, 7) is 1.34. The molecule has 3 atom stereocenters. The molecule has 0 bridgehead atoms. The van der Waals surface area contributed by atoms with Crippen LogP contribution in [-0.4, -0.2) is 49.4 Å². The molecule has 0 radical (unpaired) electrons. The fraction of sp³-hybridized carbons (Fsp3) is 0.345. The maximum absolute atomic E-state index is 13.8. The Morgan fingerprint density at radius 3 is 2.00 bits per heavy atom. The second kappa shape index (κ2) is 11.8. The van der Waals surface area contributed by atoms with Gasteiger partial charge in [-0.3, -0.25) is 4.79 Å². The lowest BCUT2D eigenvalue weighted by molar-refractivity contribution is -0.193. The van der Waals surface area contributed by atoms with Gasteiger partial charge in [0.2, 0.25) is 0 Å². The van der Waals surface area contributed by atoms with Crippen molar-refractivity contribution in [2.24, 2.45) is 0 Å². The van der Waals surface area contributed by atoms with Crippen molar-refractivity contribution in [3.63, 3.8) is 0 Å². The first-order valence-electron chi connectivity index (χ1n) is 12.2. The van der Waals surface area contributed by atoms with Crippen LogP contribution >= 0.6 is 0 Å². The molecule has 2 saturated heterocycles. The summed E-state index contributed by atoms with van der Waals surface area (Å²) >= 11 is 0. The van der Waals surface area contributed by atoms with Crippen LogP contribution < -0.4 is 0 Å². The van der Waals surface area contributed by atoms with E-state index in [-0.39, 0.29) is 38.4 Å². The fourth-order valence-corrected chi connectivity index (χ4v) is 4.70. The van der Waals surface area contributed by atoms with Crippen LogP contribution in [0.1, 0.15) is 29.2 Å². The van der Waals surface area contributed by atoms with Crippen LogP contribution in [0, 0.1) is 0 Å². The third kappa shape index (κ3) is 5.67. The largest absolute Gasteiger partial charge is 0.356 e. The average molecular weight is 490 g/mol. The lowest BCUT2D eigenvalue weighted by atomic mass is 10.0. The Kier molecular flexibility index (Phi) is 8.05. The number of benzene rings is 3. The van der Waals surface area contributed by atoms with Crippen LogP contribution in [0.3, 0.4) is 0 Å². The van der Waals surface area contributed by atoms with E-state index in [9.17, 15) is 4.79 Å². The number of hydrogen-bond donors (Lipinski definition) is 0. The molecular formula is C29H31NO6. The summed E-state index contributed by atoms with van der Waals surface area (Å²) in [5, 5.41) is 0. The maximum Gasteiger partial charge on any atom is 0.260 e. The van der Waals surface area contributed by atoms with Gasteiger partial charge >= 0.3 is 0 Å². The van der Waals surface area contributed by atoms with Crippen molar-refractivity contribution in [2.75, 3.05) is 26.8 Å². The van der Waals surface area contributed by atoms with Gasteiger partial charge in [0.25, 0.3) is 5.91 Å². The topological polar surface area (TPSA) is 66.5 Å². The molecule has 188 valence electrons. The quantitative estimate of drug-likeness (QED) is 0.277. The van der Waals surface area contributed by atoms with Gasteiger partial charge < -0.3 is 28.6 Å². The molecule has 7 heteroatoms. The van der Waals surface area contributed by atoms with E-state index in [1.54, 1.807) is 4.90 Å². The van der Waals surface area contributed by atoms with E-state index >= 15 is 0 Å². The molecule has 2 fully saturated rings. The van der Waals surface area contributed by atoms with E-state index in [1.807, 2.05) is 91.0 Å². The van der Waals surface area contributed by atoms with E-state index in [1.165, 1.54) is 0 Å². The molecule has 2 unspecified atom stereocenters. The van der Waals surface area contributed by atoms with Crippen molar-refractivity contribution in [1.82, 2.24) is 4.90 Å². The van der Waals surface area contributed by atoms with Gasteiger partial charge in [0.15, 0.2) is 5.60 Å².